The molecule has 0 radical (unpaired) electrons. The van der Waals surface area contributed by atoms with Crippen LogP contribution in [0.5, 0.6) is 5.75 Å². The van der Waals surface area contributed by atoms with Gasteiger partial charge in [-0.15, -0.1) is 11.3 Å². The molecular formula is C22H23N9O11S2. The number of hydrogen-bond donors (Lipinski definition) is 7. The van der Waals surface area contributed by atoms with E-state index < -0.39 is 81.3 Å². The van der Waals surface area contributed by atoms with E-state index in [1.165, 1.54) is 11.6 Å². The maximum Gasteiger partial charge on any atom is 0.362 e. The number of ketones is 1. The van der Waals surface area contributed by atoms with Crippen molar-refractivity contribution in [1.29, 1.82) is 5.26 Å². The molecule has 0 unspecified atom stereocenters. The van der Waals surface area contributed by atoms with Crippen LogP contribution in [0.4, 0.5) is 10.9 Å². The number of carbonyl (C=O) groups excluding carboxylic acids is 2. The number of thiazole rings is 1. The summed E-state index contributed by atoms with van der Waals surface area (Å²) in [5.74, 6) is -6.44. The summed E-state index contributed by atoms with van der Waals surface area (Å²) in [6.07, 6.45) is 2.23. The van der Waals surface area contributed by atoms with Crippen LogP contribution < -0.4 is 21.8 Å². The highest BCUT2D eigenvalue weighted by molar-refractivity contribution is 7.84. The van der Waals surface area contributed by atoms with Crippen LogP contribution in [0, 0.1) is 17.4 Å². The molecule has 44 heavy (non-hydrogen) atoms. The molecule has 2 aromatic heterocycles. The van der Waals surface area contributed by atoms with E-state index in [1.54, 1.807) is 0 Å². The normalized spacial score (nSPS) is 19.7. The standard InChI is InChI=1S/C22H23N9O11S2/c23-9-26-21(28-16-5-13(32)15(34)7-30(16)38)25-6-12-10(18(35)31(12)44(39,40)41)4-14(33)17(11-8-43-20(24)27-11)29-42-22(19(36)37)2-1-3-22/h5,7-8,10,12,34,38H,1-4,6H2,(H2,24,27)(H,36,37)(H2,25,26,28)(H,39,40,41)/b29-17-/t10-,12+/m0/s1. The lowest BCUT2D eigenvalue weighted by atomic mass is 9.80. The van der Waals surface area contributed by atoms with Crippen LogP contribution in [0.25, 0.3) is 0 Å². The van der Waals surface area contributed by atoms with E-state index in [0.717, 1.165) is 17.4 Å². The smallest absolute Gasteiger partial charge is 0.362 e. The third-order valence-corrected chi connectivity index (χ3v) is 8.34. The van der Waals surface area contributed by atoms with Gasteiger partial charge in [0.25, 0.3) is 0 Å². The molecule has 0 spiro atoms. The fourth-order valence-electron chi connectivity index (χ4n) is 4.27. The fourth-order valence-corrected chi connectivity index (χ4v) is 5.73. The number of Topliss-reactive ketones (excluding diaryl/α,β-unsaturated/α-hetero) is 1. The molecule has 22 heteroatoms. The maximum atomic E-state index is 13.4. The fraction of sp³-hybridized carbons (Fsp3) is 0.364. The number of aromatic hydroxyl groups is 1. The van der Waals surface area contributed by atoms with Gasteiger partial charge in [-0.3, -0.25) is 24.3 Å². The summed E-state index contributed by atoms with van der Waals surface area (Å²) in [6, 6.07) is -0.732. The van der Waals surface area contributed by atoms with Gasteiger partial charge in [0.1, 0.15) is 5.69 Å². The summed E-state index contributed by atoms with van der Waals surface area (Å²) >= 11 is 0.935. The highest BCUT2D eigenvalue weighted by Crippen LogP contribution is 2.37. The molecule has 0 bridgehead atoms. The Labute approximate surface area is 250 Å². The van der Waals surface area contributed by atoms with Crippen molar-refractivity contribution in [2.75, 3.05) is 17.6 Å². The Kier molecular flexibility index (Phi) is 8.74. The zero-order valence-corrected chi connectivity index (χ0v) is 23.8. The second kappa shape index (κ2) is 12.1. The number of carbonyl (C=O) groups is 3. The summed E-state index contributed by atoms with van der Waals surface area (Å²) in [6.45, 7) is -0.650. The van der Waals surface area contributed by atoms with E-state index in [9.17, 15) is 47.6 Å². The Morgan fingerprint density at radius 1 is 1.34 bits per heavy atom. The van der Waals surface area contributed by atoms with Crippen LogP contribution in [0.15, 0.2) is 32.6 Å². The summed E-state index contributed by atoms with van der Waals surface area (Å²) in [5, 5.41) is 47.5. The van der Waals surface area contributed by atoms with Crippen LogP contribution in [0.2, 0.25) is 0 Å². The number of guanidine groups is 1. The predicted molar refractivity (Wildman–Crippen MR) is 148 cm³/mol. The number of aromatic nitrogens is 2. The van der Waals surface area contributed by atoms with Crippen LogP contribution in [0.3, 0.4) is 0 Å². The number of nitrogens with zero attached hydrogens (tertiary/aromatic N) is 6. The first-order valence-corrected chi connectivity index (χ1v) is 14.6. The van der Waals surface area contributed by atoms with Crippen molar-refractivity contribution in [3.63, 3.8) is 0 Å². The van der Waals surface area contributed by atoms with Gasteiger partial charge < -0.3 is 31.3 Å². The molecule has 20 nitrogen and oxygen atoms in total. The number of aliphatic imine (C=N–C) groups is 1. The SMILES string of the molecule is N#CNC(=NC[C@@H]1[C@H](CC(=O)/C(=N\OC2(C(=O)O)CCC2)c2csc(N)n2)C(=O)N1S(=O)(=O)O)Nc1cc(=O)c(O)cn1O. The van der Waals surface area contributed by atoms with Gasteiger partial charge in [-0.25, -0.2) is 19.1 Å². The molecule has 2 atom stereocenters. The first kappa shape index (κ1) is 31.7. The van der Waals surface area contributed by atoms with Gasteiger partial charge in [0, 0.05) is 30.7 Å². The van der Waals surface area contributed by atoms with Crippen LogP contribution in [-0.2, 0) is 29.5 Å². The molecule has 8 N–H and O–H groups in total. The third-order valence-electron chi connectivity index (χ3n) is 6.71. The van der Waals surface area contributed by atoms with Crippen molar-refractivity contribution in [3.05, 3.63) is 33.6 Å². The van der Waals surface area contributed by atoms with Crippen molar-refractivity contribution in [2.45, 2.75) is 37.3 Å². The minimum absolute atomic E-state index is 0.0357. The summed E-state index contributed by atoms with van der Waals surface area (Å²) in [7, 11) is -5.14. The van der Waals surface area contributed by atoms with Gasteiger partial charge in [0.05, 0.1) is 24.7 Å². The first-order chi connectivity index (χ1) is 20.7. The van der Waals surface area contributed by atoms with Crippen molar-refractivity contribution in [3.8, 4) is 11.9 Å². The number of nitrogen functional groups attached to an aromatic ring is 1. The Hall–Kier alpha value is -5.27. The van der Waals surface area contributed by atoms with E-state index >= 15 is 0 Å². The minimum atomic E-state index is -5.14. The van der Waals surface area contributed by atoms with Gasteiger partial charge >= 0.3 is 16.3 Å². The number of β-lactam (4-membered cyclic amide) rings is 1. The molecule has 0 aromatic carbocycles. The highest BCUT2D eigenvalue weighted by atomic mass is 32.2. The third kappa shape index (κ3) is 6.38. The number of amides is 1. The number of nitriles is 1. The lowest BCUT2D eigenvalue weighted by Crippen LogP contribution is -2.64. The molecule has 1 aliphatic heterocycles. The average Bonchev–Trinajstić information content (AvgIpc) is 3.33. The minimum Gasteiger partial charge on any atom is -0.503 e. The number of carboxylic acids is 1. The number of nitrogens with two attached hydrogens (primary N) is 1. The summed E-state index contributed by atoms with van der Waals surface area (Å²) in [4.78, 5) is 62.7. The number of pyridine rings is 1. The van der Waals surface area contributed by atoms with Crippen molar-refractivity contribution in [2.24, 2.45) is 16.1 Å². The van der Waals surface area contributed by atoms with Crippen molar-refractivity contribution in [1.82, 2.24) is 19.3 Å². The van der Waals surface area contributed by atoms with Gasteiger partial charge in [-0.05, 0) is 6.42 Å². The largest absolute Gasteiger partial charge is 0.503 e. The number of hydrogen-bond acceptors (Lipinski definition) is 15. The number of anilines is 2. The maximum absolute atomic E-state index is 13.4. The quantitative estimate of drug-likeness (QED) is 0.0216. The molecule has 1 saturated heterocycles. The van der Waals surface area contributed by atoms with Crippen LogP contribution >= 0.6 is 11.3 Å². The predicted octanol–water partition coefficient (Wildman–Crippen LogP) is -1.31. The molecule has 2 fully saturated rings. The molecule has 2 aliphatic rings. The number of rotatable bonds is 11. The number of aliphatic carboxylic acids is 1. The molecule has 234 valence electrons. The van der Waals surface area contributed by atoms with E-state index in [0.29, 0.717) is 12.6 Å². The van der Waals surface area contributed by atoms with Crippen LogP contribution in [0.1, 0.15) is 31.4 Å². The van der Waals surface area contributed by atoms with Gasteiger partial charge in [-0.1, -0.05) is 5.16 Å². The van der Waals surface area contributed by atoms with E-state index in [4.69, 9.17) is 15.8 Å². The average molecular weight is 654 g/mol. The van der Waals surface area contributed by atoms with Crippen molar-refractivity contribution < 1.29 is 47.6 Å². The van der Waals surface area contributed by atoms with Gasteiger partial charge in [0.15, 0.2) is 34.4 Å². The molecular weight excluding hydrogens is 630 g/mol. The monoisotopic (exact) mass is 653 g/mol. The Balaban J connectivity index is 1.60. The van der Waals surface area contributed by atoms with E-state index in [1.807, 2.05) is 0 Å². The zero-order chi connectivity index (χ0) is 32.4. The molecule has 4 rings (SSSR count). The van der Waals surface area contributed by atoms with Crippen LogP contribution in [-0.4, -0.2) is 89.9 Å². The Morgan fingerprint density at radius 2 is 2.05 bits per heavy atom. The molecule has 2 aromatic rings. The molecule has 1 saturated carbocycles. The number of oxime groups is 1. The number of nitrogens with one attached hydrogen (secondary N) is 2. The Morgan fingerprint density at radius 3 is 2.59 bits per heavy atom. The second-order valence-corrected chi connectivity index (χ2v) is 11.7. The lowest BCUT2D eigenvalue weighted by Gasteiger charge is -2.43. The van der Waals surface area contributed by atoms with E-state index in [2.05, 4.69) is 25.8 Å². The molecule has 1 aliphatic carbocycles. The second-order valence-electron chi connectivity index (χ2n) is 9.47. The lowest BCUT2D eigenvalue weighted by molar-refractivity contribution is -0.178. The zero-order valence-electron chi connectivity index (χ0n) is 22.1. The summed E-state index contributed by atoms with van der Waals surface area (Å²) < 4.78 is 33.9. The van der Waals surface area contributed by atoms with Crippen molar-refractivity contribution >= 4 is 61.9 Å². The molecule has 3 heterocycles. The highest BCUT2D eigenvalue weighted by Gasteiger charge is 2.54. The van der Waals surface area contributed by atoms with Gasteiger partial charge in [0.2, 0.25) is 22.9 Å². The Bertz CT molecular complexity index is 1770. The molecule has 1 amide bonds. The first-order valence-electron chi connectivity index (χ1n) is 12.3. The van der Waals surface area contributed by atoms with E-state index in [-0.39, 0.29) is 38.5 Å². The summed E-state index contributed by atoms with van der Waals surface area (Å²) in [5.41, 5.74) is 2.52. The topological polar surface area (TPSA) is 312 Å². The number of carboxylic acid groups (broad SMARTS) is 1. The van der Waals surface area contributed by atoms with Gasteiger partial charge in [-0.2, -0.15) is 18.4 Å².